The monoisotopic (exact) mass is 239 g/mol. The van der Waals surface area contributed by atoms with Crippen LogP contribution < -0.4 is 14.9 Å². The number of nitrogens with one attached hydrogen (secondary N) is 1. The van der Waals surface area contributed by atoms with Gasteiger partial charge in [0.15, 0.2) is 0 Å². The van der Waals surface area contributed by atoms with Crippen LogP contribution in [0.4, 0.5) is 0 Å². The van der Waals surface area contributed by atoms with E-state index in [2.05, 4.69) is 9.79 Å². The van der Waals surface area contributed by atoms with Crippen LogP contribution in [0.5, 0.6) is 0 Å². The summed E-state index contributed by atoms with van der Waals surface area (Å²) < 4.78 is 28.9. The highest BCUT2D eigenvalue weighted by Crippen LogP contribution is 2.08. The van der Waals surface area contributed by atoms with E-state index in [1.54, 1.807) is 12.1 Å². The van der Waals surface area contributed by atoms with Gasteiger partial charge in [0.2, 0.25) is 6.20 Å². The Bertz CT molecular complexity index is 652. The predicted molar refractivity (Wildman–Crippen MR) is 51.8 cm³/mol. The molecule has 1 aromatic heterocycles. The van der Waals surface area contributed by atoms with Gasteiger partial charge >= 0.3 is 10.0 Å². The Kier molecular flexibility index (Phi) is 2.39. The second-order valence-corrected chi connectivity index (χ2v) is 5.05. The third kappa shape index (κ3) is 1.76. The van der Waals surface area contributed by atoms with Crippen LogP contribution in [0.2, 0.25) is 0 Å². The minimum Gasteiger partial charge on any atom is -0.486 e. The van der Waals surface area contributed by atoms with Crippen LogP contribution in [0.1, 0.15) is 5.56 Å². The Morgan fingerprint density at radius 2 is 1.94 bits per heavy atom. The number of aryl methyl sites for hydroxylation is 1. The van der Waals surface area contributed by atoms with Gasteiger partial charge in [-0.1, -0.05) is 17.7 Å². The predicted octanol–water partition coefficient (Wildman–Crippen LogP) is -0.451. The van der Waals surface area contributed by atoms with E-state index in [9.17, 15) is 8.42 Å². The zero-order valence-electron chi connectivity index (χ0n) is 8.41. The molecule has 84 valence electrons. The molecule has 7 heteroatoms. The summed E-state index contributed by atoms with van der Waals surface area (Å²) in [7, 11) is -3.74. The summed E-state index contributed by atoms with van der Waals surface area (Å²) in [6, 6.07) is 6.34. The summed E-state index contributed by atoms with van der Waals surface area (Å²) in [6.45, 7) is 1.86. The normalized spacial score (nSPS) is 11.6. The number of hydrogen-bond acceptors (Lipinski definition) is 4. The molecule has 1 heterocycles. The molecule has 0 spiro atoms. The first-order chi connectivity index (χ1) is 7.50. The molecule has 2 rings (SSSR count). The number of rotatable bonds is 2. The Morgan fingerprint density at radius 1 is 1.31 bits per heavy atom. The summed E-state index contributed by atoms with van der Waals surface area (Å²) in [5.41, 5.74) is 0.654. The van der Waals surface area contributed by atoms with Crippen LogP contribution >= 0.6 is 0 Å². The topological polar surface area (TPSA) is 89.1 Å². The maximum Gasteiger partial charge on any atom is 0.393 e. The fraction of sp³-hybridized carbons (Fsp3) is 0.111. The Labute approximate surface area is 91.7 Å². The van der Waals surface area contributed by atoms with Gasteiger partial charge in [-0.2, -0.15) is 8.42 Å². The molecule has 0 aliphatic heterocycles. The molecule has 0 atom stereocenters. The quantitative estimate of drug-likeness (QED) is 0.719. The molecule has 0 unspecified atom stereocenters. The molecular weight excluding hydrogens is 230 g/mol. The van der Waals surface area contributed by atoms with Crippen molar-refractivity contribution in [3.05, 3.63) is 41.6 Å². The highest BCUT2D eigenvalue weighted by atomic mass is 32.2. The third-order valence-corrected chi connectivity index (χ3v) is 3.54. The Morgan fingerprint density at radius 3 is 2.44 bits per heavy atom. The summed E-state index contributed by atoms with van der Waals surface area (Å²) >= 11 is 0. The van der Waals surface area contributed by atoms with Crippen molar-refractivity contribution in [1.82, 2.24) is 5.27 Å². The lowest BCUT2D eigenvalue weighted by Gasteiger charge is -1.99. The fourth-order valence-corrected chi connectivity index (χ4v) is 2.21. The maximum atomic E-state index is 11.9. The van der Waals surface area contributed by atoms with Crippen LogP contribution in [0.25, 0.3) is 0 Å². The van der Waals surface area contributed by atoms with Gasteiger partial charge in [-0.25, -0.2) is 5.27 Å². The number of hydrogen-bond donors (Lipinski definition) is 1. The molecule has 16 heavy (non-hydrogen) atoms. The highest BCUT2D eigenvalue weighted by molar-refractivity contribution is 7.84. The number of nitrogens with zero attached hydrogens (tertiary/aromatic N) is 2. The van der Waals surface area contributed by atoms with Gasteiger partial charge in [0.1, 0.15) is 4.90 Å². The molecule has 0 saturated heterocycles. The van der Waals surface area contributed by atoms with Crippen molar-refractivity contribution >= 4 is 10.0 Å². The van der Waals surface area contributed by atoms with Crippen molar-refractivity contribution in [1.29, 1.82) is 5.41 Å². The molecule has 0 bridgehead atoms. The van der Waals surface area contributed by atoms with E-state index in [1.165, 1.54) is 12.1 Å². The largest absolute Gasteiger partial charge is 0.486 e. The van der Waals surface area contributed by atoms with E-state index in [0.29, 0.717) is 4.09 Å². The minimum atomic E-state index is -3.74. The lowest BCUT2D eigenvalue weighted by molar-refractivity contribution is -0.599. The number of benzene rings is 1. The SMILES string of the molecule is Cc1ccc(S(=O)(=O)[n+]2cc(=N)o[n-]2)cc1. The molecule has 2 aromatic rings. The van der Waals surface area contributed by atoms with Gasteiger partial charge < -0.3 is 4.52 Å². The summed E-state index contributed by atoms with van der Waals surface area (Å²) in [4.78, 5) is 0.108. The maximum absolute atomic E-state index is 11.9. The van der Waals surface area contributed by atoms with E-state index in [0.717, 1.165) is 11.8 Å². The molecule has 1 aromatic carbocycles. The second-order valence-electron chi connectivity index (χ2n) is 3.26. The van der Waals surface area contributed by atoms with E-state index in [4.69, 9.17) is 5.41 Å². The molecule has 0 aliphatic rings. The lowest BCUT2D eigenvalue weighted by atomic mass is 10.2. The zero-order valence-corrected chi connectivity index (χ0v) is 9.23. The number of aromatic nitrogens is 2. The summed E-state index contributed by atoms with van der Waals surface area (Å²) in [5, 5.41) is 10.3. The van der Waals surface area contributed by atoms with Crippen LogP contribution in [0.15, 0.2) is 39.9 Å². The van der Waals surface area contributed by atoms with Crippen molar-refractivity contribution in [3.63, 3.8) is 0 Å². The van der Waals surface area contributed by atoms with Crippen LogP contribution in [0, 0.1) is 12.3 Å². The molecular formula is C9H9N3O3S. The molecule has 0 aliphatic carbocycles. The molecule has 0 amide bonds. The molecule has 0 radical (unpaired) electrons. The van der Waals surface area contributed by atoms with Crippen LogP contribution in [-0.2, 0) is 10.0 Å². The average Bonchev–Trinajstić information content (AvgIpc) is 2.66. The summed E-state index contributed by atoms with van der Waals surface area (Å²) in [6.07, 6.45) is 0.995. The minimum absolute atomic E-state index is 0.108. The van der Waals surface area contributed by atoms with E-state index < -0.39 is 10.0 Å². The van der Waals surface area contributed by atoms with E-state index in [1.807, 2.05) is 6.92 Å². The first-order valence-corrected chi connectivity index (χ1v) is 5.87. The highest BCUT2D eigenvalue weighted by Gasteiger charge is 2.22. The van der Waals surface area contributed by atoms with E-state index >= 15 is 0 Å². The zero-order chi connectivity index (χ0) is 11.8. The van der Waals surface area contributed by atoms with Gasteiger partial charge in [-0.3, -0.25) is 5.41 Å². The van der Waals surface area contributed by atoms with Gasteiger partial charge in [0, 0.05) is 0 Å². The molecule has 0 fully saturated rings. The fourth-order valence-electron chi connectivity index (χ4n) is 1.16. The lowest BCUT2D eigenvalue weighted by Crippen LogP contribution is -2.45. The molecule has 1 N–H and O–H groups in total. The van der Waals surface area contributed by atoms with Crippen LogP contribution in [-0.4, -0.2) is 8.42 Å². The van der Waals surface area contributed by atoms with Crippen molar-refractivity contribution in [3.8, 4) is 0 Å². The van der Waals surface area contributed by atoms with Gasteiger partial charge in [0.25, 0.3) is 5.55 Å². The van der Waals surface area contributed by atoms with Gasteiger partial charge in [-0.05, 0) is 19.1 Å². The third-order valence-electron chi connectivity index (χ3n) is 2.01. The summed E-state index contributed by atoms with van der Waals surface area (Å²) in [5.74, 6) is 0. The first-order valence-electron chi connectivity index (χ1n) is 4.42. The van der Waals surface area contributed by atoms with Crippen molar-refractivity contribution in [2.75, 3.05) is 0 Å². The van der Waals surface area contributed by atoms with E-state index in [-0.39, 0.29) is 10.4 Å². The van der Waals surface area contributed by atoms with Crippen molar-refractivity contribution < 1.29 is 17.0 Å². The second kappa shape index (κ2) is 3.60. The van der Waals surface area contributed by atoms with Crippen molar-refractivity contribution in [2.24, 2.45) is 0 Å². The first kappa shape index (κ1) is 10.6. The van der Waals surface area contributed by atoms with Gasteiger partial charge in [0.05, 0.1) is 0 Å². The Balaban J connectivity index is 2.55. The average molecular weight is 239 g/mol. The van der Waals surface area contributed by atoms with Crippen molar-refractivity contribution in [2.45, 2.75) is 11.8 Å². The van der Waals surface area contributed by atoms with Crippen LogP contribution in [0.3, 0.4) is 0 Å². The molecule has 0 saturated carbocycles. The molecule has 6 nitrogen and oxygen atoms in total. The Hall–Kier alpha value is -1.89. The smallest absolute Gasteiger partial charge is 0.393 e. The van der Waals surface area contributed by atoms with Gasteiger partial charge in [-0.15, -0.1) is 4.09 Å². The standard InChI is InChI=1S/C9H9N3O3S/c1-7-2-4-8(5-3-7)16(13,14)12-6-9(10)15-11-12/h2-6,10H,1H3.